The highest BCUT2D eigenvalue weighted by Gasteiger charge is 1.97. The van der Waals surface area contributed by atoms with Gasteiger partial charge in [0.15, 0.2) is 11.6 Å². The van der Waals surface area contributed by atoms with E-state index < -0.39 is 11.6 Å². The van der Waals surface area contributed by atoms with Gasteiger partial charge < -0.3 is 0 Å². The molecule has 0 bridgehead atoms. The third-order valence-electron chi connectivity index (χ3n) is 1.55. The molecule has 0 amide bonds. The molecule has 0 nitrogen and oxygen atoms in total. The first kappa shape index (κ1) is 22.7. The maximum Gasteiger partial charge on any atom is 0.159 e. The van der Waals surface area contributed by atoms with Gasteiger partial charge in [-0.05, 0) is 37.6 Å². The average molecular weight is 274 g/mol. The Morgan fingerprint density at radius 3 is 1.74 bits per heavy atom. The second-order valence-corrected chi connectivity index (χ2v) is 2.80. The van der Waals surface area contributed by atoms with Crippen LogP contribution in [0.15, 0.2) is 42.8 Å². The summed E-state index contributed by atoms with van der Waals surface area (Å²) in [4.78, 5) is 0. The minimum Gasteiger partial charge on any atom is -0.207 e. The van der Waals surface area contributed by atoms with Crippen LogP contribution in [0.4, 0.5) is 13.2 Å². The van der Waals surface area contributed by atoms with Crippen LogP contribution in [0.5, 0.6) is 0 Å². The first-order valence-electron chi connectivity index (χ1n) is 6.37. The predicted molar refractivity (Wildman–Crippen MR) is 78.9 cm³/mol. The zero-order valence-corrected chi connectivity index (χ0v) is 12.7. The molecule has 0 fully saturated rings. The molecule has 110 valence electrons. The first-order valence-corrected chi connectivity index (χ1v) is 6.37. The number of halogens is 3. The number of rotatable bonds is 1. The molecule has 3 heteroatoms. The normalized spacial score (nSPS) is 8.79. The third-order valence-corrected chi connectivity index (χ3v) is 1.55. The van der Waals surface area contributed by atoms with Crippen LogP contribution < -0.4 is 0 Å². The second-order valence-electron chi connectivity index (χ2n) is 2.80. The molecule has 0 heterocycles. The van der Waals surface area contributed by atoms with Gasteiger partial charge in [-0.15, -0.1) is 0 Å². The van der Waals surface area contributed by atoms with E-state index in [-0.39, 0.29) is 5.83 Å². The van der Waals surface area contributed by atoms with Crippen LogP contribution in [0.3, 0.4) is 0 Å². The fraction of sp³-hybridized carbons (Fsp3) is 0.375. The van der Waals surface area contributed by atoms with Crippen molar-refractivity contribution >= 4 is 0 Å². The second kappa shape index (κ2) is 16.5. The Bertz CT molecular complexity index is 355. The Kier molecular flexibility index (Phi) is 19.7. The highest BCUT2D eigenvalue weighted by molar-refractivity contribution is 5.15. The molecule has 1 aromatic rings. The number of benzene rings is 1. The van der Waals surface area contributed by atoms with E-state index in [0.29, 0.717) is 0 Å². The van der Waals surface area contributed by atoms with Gasteiger partial charge in [0.2, 0.25) is 0 Å². The van der Waals surface area contributed by atoms with E-state index in [9.17, 15) is 13.2 Å². The highest BCUT2D eigenvalue weighted by atomic mass is 19.2. The van der Waals surface area contributed by atoms with Crippen LogP contribution >= 0.6 is 0 Å². The minimum atomic E-state index is -0.791. The first-order chi connectivity index (χ1) is 9.01. The quantitative estimate of drug-likeness (QED) is 0.522. The molecule has 0 unspecified atom stereocenters. The summed E-state index contributed by atoms with van der Waals surface area (Å²) < 4.78 is 35.9. The van der Waals surface area contributed by atoms with Crippen molar-refractivity contribution in [3.8, 4) is 0 Å². The zero-order valence-electron chi connectivity index (χ0n) is 12.7. The van der Waals surface area contributed by atoms with E-state index >= 15 is 0 Å². The Balaban J connectivity index is -0.000000224. The molecule has 0 radical (unpaired) electrons. The van der Waals surface area contributed by atoms with Crippen molar-refractivity contribution in [2.24, 2.45) is 0 Å². The summed E-state index contributed by atoms with van der Waals surface area (Å²) in [5.41, 5.74) is 0.730. The lowest BCUT2D eigenvalue weighted by atomic mass is 10.2. The molecular weight excluding hydrogens is 249 g/mol. The van der Waals surface area contributed by atoms with Gasteiger partial charge in [-0.25, -0.2) is 13.2 Å². The molecular formula is C16H25F3. The summed E-state index contributed by atoms with van der Waals surface area (Å²) >= 11 is 0. The van der Waals surface area contributed by atoms with Crippen molar-refractivity contribution in [3.05, 3.63) is 60.0 Å². The van der Waals surface area contributed by atoms with Crippen molar-refractivity contribution in [3.63, 3.8) is 0 Å². The summed E-state index contributed by atoms with van der Waals surface area (Å²) in [6, 6.07) is 3.80. The Hall–Kier alpha value is -1.51. The van der Waals surface area contributed by atoms with Crippen molar-refractivity contribution in [2.45, 2.75) is 41.5 Å². The van der Waals surface area contributed by atoms with Crippen LogP contribution in [-0.4, -0.2) is 0 Å². The summed E-state index contributed by atoms with van der Waals surface area (Å²) in [6.45, 7) is 14.5. The molecule has 0 atom stereocenters. The van der Waals surface area contributed by atoms with Crippen LogP contribution in [-0.2, 0) is 0 Å². The molecule has 0 aliphatic heterocycles. The molecule has 0 aromatic heterocycles. The third kappa shape index (κ3) is 14.4. The lowest BCUT2D eigenvalue weighted by molar-refractivity contribution is 0.508. The Morgan fingerprint density at radius 2 is 1.53 bits per heavy atom. The van der Waals surface area contributed by atoms with Crippen molar-refractivity contribution in [1.82, 2.24) is 0 Å². The standard InChI is InChI=1S/C7H6F2.C5H7F.2C2H6/c1-5-2-3-6(8)7(9)4-5;1-3-5(6)4-2;2*1-2/h2-4H,1H3;3-4H,1H2,2H3;2*1-2H3/b;5-4+;;. The molecule has 0 aliphatic carbocycles. The van der Waals surface area contributed by atoms with E-state index in [1.54, 1.807) is 13.8 Å². The average Bonchev–Trinajstić information content (AvgIpc) is 2.47. The molecule has 19 heavy (non-hydrogen) atoms. The number of aryl methyl sites for hydroxylation is 1. The molecule has 0 aliphatic rings. The van der Waals surface area contributed by atoms with Gasteiger partial charge in [0.1, 0.15) is 5.83 Å². The summed E-state index contributed by atoms with van der Waals surface area (Å²) in [5.74, 6) is -1.84. The van der Waals surface area contributed by atoms with E-state index in [1.807, 2.05) is 27.7 Å². The van der Waals surface area contributed by atoms with Crippen molar-refractivity contribution < 1.29 is 13.2 Å². The number of allylic oxidation sites excluding steroid dienone is 3. The van der Waals surface area contributed by atoms with Crippen LogP contribution in [0, 0.1) is 18.6 Å². The predicted octanol–water partition coefficient (Wildman–Crippen LogP) is 6.37. The lowest BCUT2D eigenvalue weighted by Crippen LogP contribution is -1.82. The van der Waals surface area contributed by atoms with E-state index in [2.05, 4.69) is 6.58 Å². The fourth-order valence-corrected chi connectivity index (χ4v) is 0.719. The molecule has 0 saturated carbocycles. The Morgan fingerprint density at radius 1 is 1.05 bits per heavy atom. The van der Waals surface area contributed by atoms with Gasteiger partial charge in [-0.1, -0.05) is 46.4 Å². The van der Waals surface area contributed by atoms with Gasteiger partial charge in [-0.2, -0.15) is 0 Å². The molecule has 1 aromatic carbocycles. The van der Waals surface area contributed by atoms with Crippen LogP contribution in [0.2, 0.25) is 0 Å². The van der Waals surface area contributed by atoms with E-state index in [4.69, 9.17) is 0 Å². The van der Waals surface area contributed by atoms with Gasteiger partial charge in [0.25, 0.3) is 0 Å². The Labute approximate surface area is 115 Å². The van der Waals surface area contributed by atoms with Crippen LogP contribution in [0.1, 0.15) is 40.2 Å². The van der Waals surface area contributed by atoms with Gasteiger partial charge >= 0.3 is 0 Å². The van der Waals surface area contributed by atoms with Crippen molar-refractivity contribution in [2.75, 3.05) is 0 Å². The van der Waals surface area contributed by atoms with E-state index in [1.165, 1.54) is 18.2 Å². The summed E-state index contributed by atoms with van der Waals surface area (Å²) in [7, 11) is 0. The largest absolute Gasteiger partial charge is 0.207 e. The zero-order chi connectivity index (χ0) is 15.8. The maximum absolute atomic E-state index is 12.2. The number of hydrogen-bond acceptors (Lipinski definition) is 0. The molecule has 1 rings (SSSR count). The smallest absolute Gasteiger partial charge is 0.159 e. The minimum absolute atomic E-state index is 0.269. The van der Waals surface area contributed by atoms with Gasteiger partial charge in [0.05, 0.1) is 0 Å². The van der Waals surface area contributed by atoms with Gasteiger partial charge in [0, 0.05) is 0 Å². The molecule has 0 saturated heterocycles. The highest BCUT2D eigenvalue weighted by Crippen LogP contribution is 2.06. The van der Waals surface area contributed by atoms with Crippen LogP contribution in [0.25, 0.3) is 0 Å². The SMILES string of the molecule is C=C/C(F)=C\C.CC.CC.Cc1ccc(F)c(F)c1. The topological polar surface area (TPSA) is 0 Å². The number of hydrogen-bond donors (Lipinski definition) is 0. The van der Waals surface area contributed by atoms with E-state index in [0.717, 1.165) is 17.7 Å². The van der Waals surface area contributed by atoms with Gasteiger partial charge in [-0.3, -0.25) is 0 Å². The summed E-state index contributed by atoms with van der Waals surface area (Å²) in [5, 5.41) is 0. The van der Waals surface area contributed by atoms with Crippen molar-refractivity contribution in [1.29, 1.82) is 0 Å². The molecule has 0 spiro atoms. The lowest BCUT2D eigenvalue weighted by Gasteiger charge is -1.91. The monoisotopic (exact) mass is 274 g/mol. The molecule has 0 N–H and O–H groups in total. The maximum atomic E-state index is 12.2. The fourth-order valence-electron chi connectivity index (χ4n) is 0.719. The summed E-state index contributed by atoms with van der Waals surface area (Å²) in [6.07, 6.45) is 2.52.